The van der Waals surface area contributed by atoms with E-state index >= 15 is 0 Å². The first-order valence-electron chi connectivity index (χ1n) is 9.43. The summed E-state index contributed by atoms with van der Waals surface area (Å²) in [5, 5.41) is 29.9. The monoisotopic (exact) mass is 414 g/mol. The first kappa shape index (κ1) is 21.2. The van der Waals surface area contributed by atoms with Crippen LogP contribution in [-0.4, -0.2) is 34.0 Å². The van der Waals surface area contributed by atoms with E-state index in [2.05, 4.69) is 0 Å². The van der Waals surface area contributed by atoms with Gasteiger partial charge in [0.05, 0.1) is 0 Å². The van der Waals surface area contributed by atoms with Crippen molar-refractivity contribution in [1.82, 2.24) is 0 Å². The first-order valence-corrected chi connectivity index (χ1v) is 9.43. The Hall–Kier alpha value is -3.52. The van der Waals surface area contributed by atoms with E-state index in [9.17, 15) is 24.9 Å². The number of aromatic hydroxyl groups is 3. The Labute approximate surface area is 171 Å². The zero-order valence-electron chi connectivity index (χ0n) is 16.5. The van der Waals surface area contributed by atoms with Crippen LogP contribution in [0.2, 0.25) is 0 Å². The molecule has 0 radical (unpaired) electrons. The Morgan fingerprint density at radius 1 is 1.10 bits per heavy atom. The topological polar surface area (TPSA) is 126 Å². The smallest absolute Gasteiger partial charge is 0.201 e. The predicted octanol–water partition coefficient (Wildman–Crippen LogP) is 3.69. The highest BCUT2D eigenvalue weighted by atomic mass is 16.7. The van der Waals surface area contributed by atoms with Gasteiger partial charge in [-0.15, -0.1) is 0 Å². The summed E-state index contributed by atoms with van der Waals surface area (Å²) in [5.74, 6) is -1.18. The summed E-state index contributed by atoms with van der Waals surface area (Å²) in [5.41, 5.74) is -0.0296. The highest BCUT2D eigenvalue weighted by molar-refractivity contribution is 5.89. The Morgan fingerprint density at radius 3 is 2.43 bits per heavy atom. The minimum atomic E-state index is -0.857. The summed E-state index contributed by atoms with van der Waals surface area (Å²) >= 11 is 0. The standard InChI is InChI=1S/C22H22O8/c1-3-4-19(28-12(2)11-23)30-18-10-17-20(22(27)21(18)26)15(25)9-16(29-17)13-5-7-14(24)8-6-13/h5-12,19,24,26-27H,3-4H2,1-2H3. The third kappa shape index (κ3) is 4.38. The Kier molecular flexibility index (Phi) is 6.27. The van der Waals surface area contributed by atoms with Gasteiger partial charge in [-0.2, -0.15) is 0 Å². The molecule has 0 saturated carbocycles. The van der Waals surface area contributed by atoms with Crippen molar-refractivity contribution in [3.63, 3.8) is 0 Å². The fourth-order valence-electron chi connectivity index (χ4n) is 2.93. The molecule has 3 N–H and O–H groups in total. The largest absolute Gasteiger partial charge is 0.508 e. The second kappa shape index (κ2) is 8.87. The molecule has 2 unspecified atom stereocenters. The number of hydrogen-bond acceptors (Lipinski definition) is 8. The van der Waals surface area contributed by atoms with Gasteiger partial charge in [0.15, 0.2) is 16.9 Å². The molecule has 0 aliphatic heterocycles. The van der Waals surface area contributed by atoms with E-state index in [1.54, 1.807) is 19.1 Å². The quantitative estimate of drug-likeness (QED) is 0.289. The van der Waals surface area contributed by atoms with Gasteiger partial charge in [0, 0.05) is 24.1 Å². The van der Waals surface area contributed by atoms with Crippen molar-refractivity contribution in [2.75, 3.05) is 0 Å². The van der Waals surface area contributed by atoms with Crippen molar-refractivity contribution in [2.45, 2.75) is 39.1 Å². The van der Waals surface area contributed by atoms with Crippen LogP contribution in [0.25, 0.3) is 22.3 Å². The summed E-state index contributed by atoms with van der Waals surface area (Å²) < 4.78 is 16.9. The van der Waals surface area contributed by atoms with Crippen LogP contribution in [0, 0.1) is 0 Å². The lowest BCUT2D eigenvalue weighted by Gasteiger charge is -2.21. The van der Waals surface area contributed by atoms with Gasteiger partial charge >= 0.3 is 0 Å². The molecule has 2 atom stereocenters. The van der Waals surface area contributed by atoms with Crippen LogP contribution < -0.4 is 10.2 Å². The van der Waals surface area contributed by atoms with Crippen molar-refractivity contribution in [3.8, 4) is 34.3 Å². The summed E-state index contributed by atoms with van der Waals surface area (Å²) in [6.45, 7) is 3.45. The van der Waals surface area contributed by atoms with Gasteiger partial charge < -0.3 is 34.0 Å². The number of benzene rings is 2. The molecule has 0 aliphatic rings. The van der Waals surface area contributed by atoms with E-state index in [1.165, 1.54) is 24.3 Å². The average Bonchev–Trinajstić information content (AvgIpc) is 2.71. The lowest BCUT2D eigenvalue weighted by molar-refractivity contribution is -0.140. The van der Waals surface area contributed by atoms with Crippen LogP contribution in [0.1, 0.15) is 26.7 Å². The number of ether oxygens (including phenoxy) is 2. The van der Waals surface area contributed by atoms with Crippen molar-refractivity contribution in [1.29, 1.82) is 0 Å². The fraction of sp³-hybridized carbons (Fsp3) is 0.273. The molecular weight excluding hydrogens is 392 g/mol. The molecule has 1 heterocycles. The van der Waals surface area contributed by atoms with E-state index in [-0.39, 0.29) is 28.2 Å². The zero-order valence-corrected chi connectivity index (χ0v) is 16.5. The lowest BCUT2D eigenvalue weighted by atomic mass is 10.1. The number of rotatable bonds is 8. The predicted molar refractivity (Wildman–Crippen MR) is 109 cm³/mol. The summed E-state index contributed by atoms with van der Waals surface area (Å²) in [7, 11) is 0. The molecular formula is C22H22O8. The van der Waals surface area contributed by atoms with Crippen molar-refractivity contribution < 1.29 is 34.0 Å². The highest BCUT2D eigenvalue weighted by Gasteiger charge is 2.22. The van der Waals surface area contributed by atoms with Crippen LogP contribution in [0.4, 0.5) is 0 Å². The third-order valence-corrected chi connectivity index (χ3v) is 4.42. The van der Waals surface area contributed by atoms with Crippen LogP contribution in [0.3, 0.4) is 0 Å². The molecule has 8 nitrogen and oxygen atoms in total. The maximum Gasteiger partial charge on any atom is 0.201 e. The molecule has 8 heteroatoms. The number of fused-ring (bicyclic) bond motifs is 1. The minimum Gasteiger partial charge on any atom is -0.508 e. The van der Waals surface area contributed by atoms with E-state index in [1.807, 2.05) is 6.92 Å². The van der Waals surface area contributed by atoms with Gasteiger partial charge in [-0.25, -0.2) is 0 Å². The number of hydrogen-bond donors (Lipinski definition) is 3. The van der Waals surface area contributed by atoms with Crippen molar-refractivity contribution >= 4 is 17.3 Å². The molecule has 0 bridgehead atoms. The molecule has 0 spiro atoms. The second-order valence-corrected chi connectivity index (χ2v) is 6.78. The molecule has 1 aromatic heterocycles. The van der Waals surface area contributed by atoms with Crippen LogP contribution in [-0.2, 0) is 9.53 Å². The Bertz CT molecular complexity index is 1100. The summed E-state index contributed by atoms with van der Waals surface area (Å²) in [6.07, 6.45) is 0.138. The summed E-state index contributed by atoms with van der Waals surface area (Å²) in [6, 6.07) is 8.51. The number of aldehydes is 1. The van der Waals surface area contributed by atoms with E-state index in [0.29, 0.717) is 24.7 Å². The number of phenolic OH excluding ortho intramolecular Hbond substituents is 3. The van der Waals surface area contributed by atoms with Crippen LogP contribution in [0.5, 0.6) is 23.0 Å². The molecule has 0 amide bonds. The van der Waals surface area contributed by atoms with E-state index in [0.717, 1.165) is 0 Å². The maximum atomic E-state index is 12.5. The number of carbonyl (C=O) groups is 1. The van der Waals surface area contributed by atoms with Crippen molar-refractivity contribution in [2.24, 2.45) is 0 Å². The molecule has 158 valence electrons. The molecule has 0 fully saturated rings. The van der Waals surface area contributed by atoms with Gasteiger partial charge in [0.2, 0.25) is 12.0 Å². The van der Waals surface area contributed by atoms with Crippen LogP contribution >= 0.6 is 0 Å². The minimum absolute atomic E-state index is 0.00504. The summed E-state index contributed by atoms with van der Waals surface area (Å²) in [4.78, 5) is 23.4. The molecule has 0 saturated heterocycles. The maximum absolute atomic E-state index is 12.5. The molecule has 2 aromatic carbocycles. The average molecular weight is 414 g/mol. The van der Waals surface area contributed by atoms with Crippen molar-refractivity contribution in [3.05, 3.63) is 46.6 Å². The van der Waals surface area contributed by atoms with Gasteiger partial charge in [-0.1, -0.05) is 13.3 Å². The normalized spacial score (nSPS) is 13.1. The zero-order chi connectivity index (χ0) is 21.8. The van der Waals surface area contributed by atoms with Gasteiger partial charge in [-0.3, -0.25) is 4.79 Å². The van der Waals surface area contributed by atoms with E-state index in [4.69, 9.17) is 13.9 Å². The van der Waals surface area contributed by atoms with E-state index < -0.39 is 29.3 Å². The SMILES string of the molecule is CCCC(Oc1cc2oc(-c3ccc(O)cc3)cc(=O)c2c(O)c1O)OC(C)C=O. The molecule has 3 rings (SSSR count). The number of carbonyl (C=O) groups excluding carboxylic acids is 1. The second-order valence-electron chi connectivity index (χ2n) is 6.78. The fourth-order valence-corrected chi connectivity index (χ4v) is 2.93. The van der Waals surface area contributed by atoms with Gasteiger partial charge in [-0.05, 0) is 31.2 Å². The molecule has 30 heavy (non-hydrogen) atoms. The van der Waals surface area contributed by atoms with Gasteiger partial charge in [0.25, 0.3) is 0 Å². The Morgan fingerprint density at radius 2 is 1.80 bits per heavy atom. The first-order chi connectivity index (χ1) is 14.3. The van der Waals surface area contributed by atoms with Crippen LogP contribution in [0.15, 0.2) is 45.6 Å². The van der Waals surface area contributed by atoms with Gasteiger partial charge in [0.1, 0.15) is 34.9 Å². The highest BCUT2D eigenvalue weighted by Crippen LogP contribution is 2.42. The lowest BCUT2D eigenvalue weighted by Crippen LogP contribution is -2.26. The Balaban J connectivity index is 2.07. The molecule has 3 aromatic rings. The third-order valence-electron chi connectivity index (χ3n) is 4.42. The molecule has 0 aliphatic carbocycles. The number of phenols is 3.